The van der Waals surface area contributed by atoms with E-state index in [1.165, 1.54) is 12.2 Å². The Morgan fingerprint density at radius 1 is 0.864 bits per heavy atom. The molecule has 0 saturated carbocycles. The summed E-state index contributed by atoms with van der Waals surface area (Å²) in [5, 5.41) is 11.7. The maximum absolute atomic E-state index is 12.0. The first kappa shape index (κ1) is 31.5. The highest BCUT2D eigenvalue weighted by molar-refractivity contribution is 5.92. The first-order chi connectivity index (χ1) is 21.4. The fraction of sp³-hybridized carbons (Fsp3) is 0.176. The van der Waals surface area contributed by atoms with E-state index in [0.717, 1.165) is 33.5 Å². The number of nitrogens with one attached hydrogen (secondary N) is 2. The standard InChI is InChI=1S/C34H33N3O7/c1-3-43-31(41)19-9-24-6-12-27(13-7-24)34-36-32(33(37-34)26-14-16-28(17-15-26)44-22-30(39)40)25-10-4-23(5-11-25)8-18-29(38)35-20-21-42-2/h4-19H,3,20-22H2,1-2H3,(H,35,38)(H,36,37)(H,39,40). The van der Waals surface area contributed by atoms with Gasteiger partial charge in [0.05, 0.1) is 24.6 Å². The lowest BCUT2D eigenvalue weighted by Gasteiger charge is -2.06. The monoisotopic (exact) mass is 595 g/mol. The summed E-state index contributed by atoms with van der Waals surface area (Å²) in [5.41, 5.74) is 5.67. The van der Waals surface area contributed by atoms with Gasteiger partial charge in [0.15, 0.2) is 6.61 Å². The molecule has 3 N–H and O–H groups in total. The van der Waals surface area contributed by atoms with Crippen LogP contribution in [0.2, 0.25) is 0 Å². The van der Waals surface area contributed by atoms with Gasteiger partial charge in [-0.2, -0.15) is 0 Å². The van der Waals surface area contributed by atoms with Crippen molar-refractivity contribution in [1.29, 1.82) is 0 Å². The largest absolute Gasteiger partial charge is 0.482 e. The summed E-state index contributed by atoms with van der Waals surface area (Å²) in [7, 11) is 1.58. The average Bonchev–Trinajstić information content (AvgIpc) is 3.48. The number of imidazole rings is 1. The lowest BCUT2D eigenvalue weighted by Crippen LogP contribution is -2.24. The van der Waals surface area contributed by atoms with Crippen molar-refractivity contribution >= 4 is 30.0 Å². The Bertz CT molecular complexity index is 1620. The van der Waals surface area contributed by atoms with Gasteiger partial charge in [0.1, 0.15) is 11.6 Å². The van der Waals surface area contributed by atoms with Gasteiger partial charge in [-0.3, -0.25) is 4.79 Å². The number of carboxylic acids is 1. The SMILES string of the molecule is CCOC(=O)C=Cc1ccc(-c2nc(-c3ccc(OCC(=O)O)cc3)c(-c3ccc(C=CC(=O)NCCOC)cc3)[nH]2)cc1. The number of benzene rings is 3. The summed E-state index contributed by atoms with van der Waals surface area (Å²) in [6, 6.07) is 22.3. The van der Waals surface area contributed by atoms with Crippen molar-refractivity contribution in [2.45, 2.75) is 6.92 Å². The Kier molecular flexibility index (Phi) is 11.2. The van der Waals surface area contributed by atoms with Crippen LogP contribution in [0.3, 0.4) is 0 Å². The van der Waals surface area contributed by atoms with E-state index in [1.807, 2.05) is 60.7 Å². The second kappa shape index (κ2) is 15.7. The van der Waals surface area contributed by atoms with Crippen LogP contribution in [0.1, 0.15) is 18.1 Å². The normalized spacial score (nSPS) is 11.1. The number of esters is 1. The Morgan fingerprint density at radius 2 is 1.48 bits per heavy atom. The number of ether oxygens (including phenoxy) is 3. The van der Waals surface area contributed by atoms with Gasteiger partial charge in [0, 0.05) is 42.5 Å². The molecule has 0 aliphatic carbocycles. The van der Waals surface area contributed by atoms with E-state index in [4.69, 9.17) is 24.3 Å². The van der Waals surface area contributed by atoms with E-state index in [1.54, 1.807) is 38.3 Å². The van der Waals surface area contributed by atoms with Gasteiger partial charge < -0.3 is 29.6 Å². The molecule has 4 rings (SSSR count). The van der Waals surface area contributed by atoms with E-state index in [9.17, 15) is 14.4 Å². The maximum atomic E-state index is 12.0. The number of aromatic amines is 1. The zero-order valence-corrected chi connectivity index (χ0v) is 24.4. The highest BCUT2D eigenvalue weighted by Gasteiger charge is 2.16. The van der Waals surface area contributed by atoms with Crippen molar-refractivity contribution < 1.29 is 33.7 Å². The molecular weight excluding hydrogens is 562 g/mol. The molecule has 0 bridgehead atoms. The van der Waals surface area contributed by atoms with Crippen LogP contribution < -0.4 is 10.1 Å². The van der Waals surface area contributed by atoms with Gasteiger partial charge in [0.2, 0.25) is 5.91 Å². The second-order valence-corrected chi connectivity index (χ2v) is 9.46. The van der Waals surface area contributed by atoms with Crippen molar-refractivity contribution in [2.24, 2.45) is 0 Å². The number of rotatable bonds is 14. The molecule has 3 aromatic carbocycles. The summed E-state index contributed by atoms with van der Waals surface area (Å²) in [6.07, 6.45) is 6.29. The number of aromatic nitrogens is 2. The number of H-pyrrole nitrogens is 1. The number of carbonyl (C=O) groups excluding carboxylic acids is 2. The third-order valence-electron chi connectivity index (χ3n) is 6.31. The average molecular weight is 596 g/mol. The van der Waals surface area contributed by atoms with Crippen LogP contribution in [0.25, 0.3) is 46.1 Å². The van der Waals surface area contributed by atoms with Crippen LogP contribution in [0, 0.1) is 0 Å². The van der Waals surface area contributed by atoms with Crippen molar-refractivity contribution in [3.8, 4) is 39.7 Å². The summed E-state index contributed by atoms with van der Waals surface area (Å²) in [5.74, 6) is -0.588. The quantitative estimate of drug-likeness (QED) is 0.102. The molecule has 226 valence electrons. The molecule has 10 nitrogen and oxygen atoms in total. The molecule has 44 heavy (non-hydrogen) atoms. The number of hydrogen-bond acceptors (Lipinski definition) is 7. The van der Waals surface area contributed by atoms with Crippen LogP contribution in [-0.2, 0) is 23.9 Å². The molecular formula is C34H33N3O7. The molecule has 0 fully saturated rings. The number of nitrogens with zero attached hydrogens (tertiary/aromatic N) is 1. The van der Waals surface area contributed by atoms with Gasteiger partial charge in [-0.05, 0) is 54.5 Å². The number of carboxylic acid groups (broad SMARTS) is 1. The maximum Gasteiger partial charge on any atom is 0.341 e. The molecule has 0 aliphatic heterocycles. The van der Waals surface area contributed by atoms with E-state index in [2.05, 4.69) is 10.3 Å². The second-order valence-electron chi connectivity index (χ2n) is 9.46. The molecule has 1 aromatic heterocycles. The van der Waals surface area contributed by atoms with Gasteiger partial charge in [-0.25, -0.2) is 14.6 Å². The molecule has 1 amide bonds. The first-order valence-electron chi connectivity index (χ1n) is 13.9. The summed E-state index contributed by atoms with van der Waals surface area (Å²) >= 11 is 0. The van der Waals surface area contributed by atoms with Crippen molar-refractivity contribution in [1.82, 2.24) is 15.3 Å². The number of amides is 1. The molecule has 4 aromatic rings. The number of aliphatic carboxylic acids is 1. The van der Waals surface area contributed by atoms with Crippen LogP contribution in [-0.4, -0.2) is 66.4 Å². The fourth-order valence-electron chi connectivity index (χ4n) is 4.16. The third-order valence-corrected chi connectivity index (χ3v) is 6.31. The third kappa shape index (κ3) is 9.01. The van der Waals surface area contributed by atoms with E-state index < -0.39 is 18.5 Å². The summed E-state index contributed by atoms with van der Waals surface area (Å²) in [4.78, 5) is 42.9. The lowest BCUT2D eigenvalue weighted by atomic mass is 10.0. The van der Waals surface area contributed by atoms with Crippen molar-refractivity contribution in [3.05, 3.63) is 96.1 Å². The minimum atomic E-state index is -1.05. The Morgan fingerprint density at radius 3 is 2.09 bits per heavy atom. The van der Waals surface area contributed by atoms with Crippen molar-refractivity contribution in [2.75, 3.05) is 33.5 Å². The predicted octanol–water partition coefficient (Wildman–Crippen LogP) is 5.23. The van der Waals surface area contributed by atoms with Gasteiger partial charge >= 0.3 is 11.9 Å². The zero-order chi connectivity index (χ0) is 31.3. The zero-order valence-electron chi connectivity index (χ0n) is 24.4. The van der Waals surface area contributed by atoms with Crippen molar-refractivity contribution in [3.63, 3.8) is 0 Å². The van der Waals surface area contributed by atoms with Gasteiger partial charge in [-0.15, -0.1) is 0 Å². The number of methoxy groups -OCH3 is 1. The van der Waals surface area contributed by atoms with Gasteiger partial charge in [0.25, 0.3) is 0 Å². The first-order valence-corrected chi connectivity index (χ1v) is 13.9. The smallest absolute Gasteiger partial charge is 0.341 e. The van der Waals surface area contributed by atoms with Crippen LogP contribution in [0.15, 0.2) is 84.9 Å². The molecule has 0 spiro atoms. The molecule has 0 radical (unpaired) electrons. The van der Waals surface area contributed by atoms with E-state index in [0.29, 0.717) is 37.0 Å². The minimum absolute atomic E-state index is 0.204. The minimum Gasteiger partial charge on any atom is -0.482 e. The Balaban J connectivity index is 1.62. The lowest BCUT2D eigenvalue weighted by molar-refractivity contribution is -0.139. The molecule has 0 atom stereocenters. The molecule has 0 saturated heterocycles. The summed E-state index contributed by atoms with van der Waals surface area (Å²) < 4.78 is 15.2. The molecule has 1 heterocycles. The molecule has 10 heteroatoms. The number of carbonyl (C=O) groups is 3. The highest BCUT2D eigenvalue weighted by Crippen LogP contribution is 2.34. The van der Waals surface area contributed by atoms with Crippen LogP contribution in [0.5, 0.6) is 5.75 Å². The van der Waals surface area contributed by atoms with Crippen LogP contribution >= 0.6 is 0 Å². The van der Waals surface area contributed by atoms with Gasteiger partial charge in [-0.1, -0.05) is 48.5 Å². The molecule has 0 unspecified atom stereocenters. The predicted molar refractivity (Wildman–Crippen MR) is 168 cm³/mol. The number of hydrogen-bond donors (Lipinski definition) is 3. The summed E-state index contributed by atoms with van der Waals surface area (Å²) in [6.45, 7) is 2.51. The Hall–Kier alpha value is -5.48. The topological polar surface area (TPSA) is 140 Å². The highest BCUT2D eigenvalue weighted by atomic mass is 16.5. The van der Waals surface area contributed by atoms with Crippen LogP contribution in [0.4, 0.5) is 0 Å². The van der Waals surface area contributed by atoms with E-state index in [-0.39, 0.29) is 5.91 Å². The molecule has 0 aliphatic rings. The van der Waals surface area contributed by atoms with E-state index >= 15 is 0 Å². The Labute approximate surface area is 255 Å². The fourth-order valence-corrected chi connectivity index (χ4v) is 4.16.